The van der Waals surface area contributed by atoms with Crippen LogP contribution in [0.4, 0.5) is 4.39 Å². The van der Waals surface area contributed by atoms with E-state index in [1.54, 1.807) is 6.07 Å². The molecular formula is C7H7FOS. The quantitative estimate of drug-likeness (QED) is 0.599. The van der Waals surface area contributed by atoms with Gasteiger partial charge in [0.15, 0.2) is 11.6 Å². The Kier molecular flexibility index (Phi) is 2.17. The summed E-state index contributed by atoms with van der Waals surface area (Å²) in [5.74, 6) is -0.422. The van der Waals surface area contributed by atoms with E-state index in [-0.39, 0.29) is 5.75 Å². The Bertz CT molecular complexity index is 237. The molecule has 0 aliphatic rings. The summed E-state index contributed by atoms with van der Waals surface area (Å²) >= 11 is 3.94. The molecule has 54 valence electrons. The minimum Gasteiger partial charge on any atom is -0.505 e. The number of hydrogen-bond acceptors (Lipinski definition) is 2. The van der Waals surface area contributed by atoms with Gasteiger partial charge in [-0.1, -0.05) is 6.07 Å². The highest BCUT2D eigenvalue weighted by molar-refractivity contribution is 7.79. The van der Waals surface area contributed by atoms with Gasteiger partial charge in [-0.3, -0.25) is 0 Å². The third kappa shape index (κ3) is 1.42. The fourth-order valence-corrected chi connectivity index (χ4v) is 0.845. The van der Waals surface area contributed by atoms with Gasteiger partial charge >= 0.3 is 0 Å². The van der Waals surface area contributed by atoms with Crippen LogP contribution in [-0.4, -0.2) is 5.11 Å². The summed E-state index contributed by atoms with van der Waals surface area (Å²) in [6, 6.07) is 4.22. The van der Waals surface area contributed by atoms with Gasteiger partial charge in [0, 0.05) is 5.75 Å². The first kappa shape index (κ1) is 7.41. The van der Waals surface area contributed by atoms with E-state index < -0.39 is 5.82 Å². The Labute approximate surface area is 63.9 Å². The Hall–Kier alpha value is -0.700. The van der Waals surface area contributed by atoms with Gasteiger partial charge in [0.05, 0.1) is 0 Å². The lowest BCUT2D eigenvalue weighted by atomic mass is 10.2. The Morgan fingerprint density at radius 3 is 2.70 bits per heavy atom. The molecule has 1 rings (SSSR count). The number of phenols is 1. The molecule has 0 spiro atoms. The van der Waals surface area contributed by atoms with E-state index in [0.29, 0.717) is 5.75 Å². The van der Waals surface area contributed by atoms with Crippen molar-refractivity contribution in [1.29, 1.82) is 0 Å². The molecular weight excluding hydrogens is 151 g/mol. The number of hydrogen-bond donors (Lipinski definition) is 2. The number of halogens is 1. The van der Waals surface area contributed by atoms with Crippen molar-refractivity contribution >= 4 is 12.6 Å². The van der Waals surface area contributed by atoms with Crippen molar-refractivity contribution in [2.45, 2.75) is 5.75 Å². The van der Waals surface area contributed by atoms with Crippen molar-refractivity contribution < 1.29 is 9.50 Å². The largest absolute Gasteiger partial charge is 0.505 e. The normalized spacial score (nSPS) is 9.80. The highest BCUT2D eigenvalue weighted by Gasteiger charge is 1.98. The summed E-state index contributed by atoms with van der Waals surface area (Å²) in [7, 11) is 0. The van der Waals surface area contributed by atoms with Crippen molar-refractivity contribution in [2.24, 2.45) is 0 Å². The number of rotatable bonds is 1. The fourth-order valence-electron chi connectivity index (χ4n) is 0.649. The second-order valence-corrected chi connectivity index (χ2v) is 2.26. The first-order valence-electron chi connectivity index (χ1n) is 2.82. The van der Waals surface area contributed by atoms with Crippen LogP contribution < -0.4 is 0 Å². The average molecular weight is 158 g/mol. The molecule has 0 aromatic heterocycles. The highest BCUT2D eigenvalue weighted by atomic mass is 32.1. The molecule has 0 aliphatic carbocycles. The molecule has 1 aromatic rings. The number of thiol groups is 1. The van der Waals surface area contributed by atoms with Gasteiger partial charge in [-0.2, -0.15) is 12.6 Å². The van der Waals surface area contributed by atoms with Crippen LogP contribution in [0.1, 0.15) is 5.56 Å². The topological polar surface area (TPSA) is 20.2 Å². The van der Waals surface area contributed by atoms with Crippen LogP contribution in [-0.2, 0) is 5.75 Å². The van der Waals surface area contributed by atoms with Crippen LogP contribution in [0, 0.1) is 5.82 Å². The van der Waals surface area contributed by atoms with Crippen molar-refractivity contribution in [2.75, 3.05) is 0 Å². The van der Waals surface area contributed by atoms with Crippen LogP contribution in [0.15, 0.2) is 18.2 Å². The predicted octanol–water partition coefficient (Wildman–Crippen LogP) is 1.96. The first-order valence-corrected chi connectivity index (χ1v) is 3.45. The average Bonchev–Trinajstić information content (AvgIpc) is 1.95. The second kappa shape index (κ2) is 2.92. The standard InChI is InChI=1S/C7H7FOS/c8-6-3-5(4-10)1-2-7(6)9/h1-3,9-10H,4H2. The molecule has 3 heteroatoms. The van der Waals surface area contributed by atoms with Crippen LogP contribution in [0.25, 0.3) is 0 Å². The summed E-state index contributed by atoms with van der Waals surface area (Å²) < 4.78 is 12.5. The number of phenolic OH excluding ortho intramolecular Hbond substituents is 1. The molecule has 0 radical (unpaired) electrons. The summed E-state index contributed by atoms with van der Waals surface area (Å²) in [6.07, 6.45) is 0. The molecule has 0 fully saturated rings. The monoisotopic (exact) mass is 158 g/mol. The first-order chi connectivity index (χ1) is 4.74. The molecule has 0 bridgehead atoms. The molecule has 0 unspecified atom stereocenters. The van der Waals surface area contributed by atoms with Crippen LogP contribution in [0.5, 0.6) is 5.75 Å². The third-order valence-corrected chi connectivity index (χ3v) is 1.56. The summed E-state index contributed by atoms with van der Waals surface area (Å²) in [4.78, 5) is 0. The molecule has 0 heterocycles. The van der Waals surface area contributed by atoms with E-state index in [1.807, 2.05) is 0 Å². The van der Waals surface area contributed by atoms with Gasteiger partial charge in [0.2, 0.25) is 0 Å². The maximum atomic E-state index is 12.5. The highest BCUT2D eigenvalue weighted by Crippen LogP contribution is 2.16. The van der Waals surface area contributed by atoms with E-state index in [2.05, 4.69) is 12.6 Å². The zero-order chi connectivity index (χ0) is 7.56. The molecule has 1 N–H and O–H groups in total. The number of aromatic hydroxyl groups is 1. The zero-order valence-electron chi connectivity index (χ0n) is 5.21. The van der Waals surface area contributed by atoms with Gasteiger partial charge in [-0.25, -0.2) is 4.39 Å². The van der Waals surface area contributed by atoms with Gasteiger partial charge in [-0.05, 0) is 17.7 Å². The van der Waals surface area contributed by atoms with Crippen LogP contribution in [0.3, 0.4) is 0 Å². The van der Waals surface area contributed by atoms with E-state index in [1.165, 1.54) is 12.1 Å². The molecule has 10 heavy (non-hydrogen) atoms. The number of benzene rings is 1. The fraction of sp³-hybridized carbons (Fsp3) is 0.143. The SMILES string of the molecule is Oc1ccc(CS)cc1F. The molecule has 0 amide bonds. The van der Waals surface area contributed by atoms with E-state index in [4.69, 9.17) is 5.11 Å². The lowest BCUT2D eigenvalue weighted by Gasteiger charge is -1.96. The minimum atomic E-state index is -0.591. The van der Waals surface area contributed by atoms with Gasteiger partial charge in [0.1, 0.15) is 0 Å². The maximum absolute atomic E-state index is 12.5. The minimum absolute atomic E-state index is 0.314. The Morgan fingerprint density at radius 1 is 1.50 bits per heavy atom. The van der Waals surface area contributed by atoms with Gasteiger partial charge in [0.25, 0.3) is 0 Å². The Morgan fingerprint density at radius 2 is 2.20 bits per heavy atom. The molecule has 1 aromatic carbocycles. The van der Waals surface area contributed by atoms with Gasteiger partial charge < -0.3 is 5.11 Å². The Balaban J connectivity index is 3.04. The van der Waals surface area contributed by atoms with Gasteiger partial charge in [-0.15, -0.1) is 0 Å². The molecule has 0 saturated carbocycles. The van der Waals surface area contributed by atoms with E-state index in [0.717, 1.165) is 5.56 Å². The second-order valence-electron chi connectivity index (χ2n) is 1.94. The lowest BCUT2D eigenvalue weighted by molar-refractivity contribution is 0.432. The van der Waals surface area contributed by atoms with Crippen molar-refractivity contribution in [3.05, 3.63) is 29.6 Å². The molecule has 0 saturated heterocycles. The van der Waals surface area contributed by atoms with E-state index >= 15 is 0 Å². The molecule has 0 aliphatic heterocycles. The van der Waals surface area contributed by atoms with Crippen molar-refractivity contribution in [3.63, 3.8) is 0 Å². The van der Waals surface area contributed by atoms with E-state index in [9.17, 15) is 4.39 Å². The third-order valence-electron chi connectivity index (χ3n) is 1.19. The molecule has 1 nitrogen and oxygen atoms in total. The van der Waals surface area contributed by atoms with Crippen molar-refractivity contribution in [1.82, 2.24) is 0 Å². The predicted molar refractivity (Wildman–Crippen MR) is 40.8 cm³/mol. The van der Waals surface area contributed by atoms with Crippen molar-refractivity contribution in [3.8, 4) is 5.75 Å². The van der Waals surface area contributed by atoms with Crippen LogP contribution >= 0.6 is 12.6 Å². The summed E-state index contributed by atoms with van der Waals surface area (Å²) in [5, 5.41) is 8.74. The smallest absolute Gasteiger partial charge is 0.165 e. The summed E-state index contributed by atoms with van der Waals surface area (Å²) in [5.41, 5.74) is 0.763. The van der Waals surface area contributed by atoms with Crippen LogP contribution in [0.2, 0.25) is 0 Å². The lowest BCUT2D eigenvalue weighted by Crippen LogP contribution is -1.80. The molecule has 0 atom stereocenters. The summed E-state index contributed by atoms with van der Waals surface area (Å²) in [6.45, 7) is 0. The zero-order valence-corrected chi connectivity index (χ0v) is 6.11. The maximum Gasteiger partial charge on any atom is 0.165 e.